The number of hydrogen-bond donors (Lipinski definition) is 0. The molecule has 0 aromatic carbocycles. The number of nitrogens with zero attached hydrogens (tertiary/aromatic N) is 1. The Morgan fingerprint density at radius 1 is 1.50 bits per heavy atom. The van der Waals surface area contributed by atoms with Crippen molar-refractivity contribution in [2.75, 3.05) is 13.2 Å². The summed E-state index contributed by atoms with van der Waals surface area (Å²) in [5.74, 6) is 0. The van der Waals surface area contributed by atoms with E-state index < -0.39 is 0 Å². The molecule has 0 aliphatic carbocycles. The highest BCUT2D eigenvalue weighted by Gasteiger charge is 1.72. The predicted octanol–water partition coefficient (Wildman–Crippen LogP) is 0.562. The van der Waals surface area contributed by atoms with Gasteiger partial charge in [-0.2, -0.15) is 0 Å². The Morgan fingerprint density at radius 3 is 2.33 bits per heavy atom. The molecule has 0 rings (SSSR count). The molecule has 0 atom stereocenters. The van der Waals surface area contributed by atoms with Crippen molar-refractivity contribution in [2.24, 2.45) is 0 Å². The zero-order valence-corrected chi connectivity index (χ0v) is 4.27. The first kappa shape index (κ1) is 5.92. The van der Waals surface area contributed by atoms with Gasteiger partial charge in [-0.15, -0.1) is 0 Å². The Kier molecular flexibility index (Phi) is 4.85. The Bertz CT molecular complexity index is 19.5. The van der Waals surface area contributed by atoms with Crippen molar-refractivity contribution in [1.82, 2.24) is 5.48 Å². The molecule has 0 aliphatic heterocycles. The molecule has 37 valence electrons. The maximum atomic E-state index is 4.61. The molecule has 0 unspecified atom stereocenters. The average Bonchev–Trinajstić information content (AvgIpc) is 1.61. The van der Waals surface area contributed by atoms with E-state index in [1.165, 1.54) is 0 Å². The molecular weight excluding hydrogens is 78.0 g/mol. The average molecular weight is 88.1 g/mol. The van der Waals surface area contributed by atoms with Crippen molar-refractivity contribution in [3.05, 3.63) is 0 Å². The minimum absolute atomic E-state index is 0.688. The van der Waals surface area contributed by atoms with Crippen LogP contribution in [0.15, 0.2) is 0 Å². The predicted molar refractivity (Wildman–Crippen MR) is 24.3 cm³/mol. The Hall–Kier alpha value is -0.0800. The Balaban J connectivity index is 2.34. The van der Waals surface area contributed by atoms with Crippen LogP contribution in [0.25, 0.3) is 0 Å². The molecule has 0 bridgehead atoms. The van der Waals surface area contributed by atoms with Gasteiger partial charge in [0, 0.05) is 6.54 Å². The lowest BCUT2D eigenvalue weighted by molar-refractivity contribution is 0.0462. The van der Waals surface area contributed by atoms with E-state index in [1.807, 2.05) is 13.8 Å². The second-order valence-corrected chi connectivity index (χ2v) is 0.863. The highest BCUT2D eigenvalue weighted by molar-refractivity contribution is 4.11. The van der Waals surface area contributed by atoms with E-state index in [9.17, 15) is 0 Å². The molecule has 1 radical (unpaired) electrons. The van der Waals surface area contributed by atoms with Crippen molar-refractivity contribution >= 4 is 0 Å². The monoisotopic (exact) mass is 88.1 g/mol. The molecule has 0 N–H and O–H groups in total. The third-order valence-electron chi connectivity index (χ3n) is 0.349. The van der Waals surface area contributed by atoms with Gasteiger partial charge in [-0.05, 0) is 13.8 Å². The number of hydrogen-bond acceptors (Lipinski definition) is 1. The van der Waals surface area contributed by atoms with E-state index in [1.54, 1.807) is 0 Å². The molecule has 0 saturated carbocycles. The number of hydroxylamine groups is 1. The van der Waals surface area contributed by atoms with Gasteiger partial charge in [-0.3, -0.25) is 4.84 Å². The SMILES string of the molecule is CC[N]OCC. The van der Waals surface area contributed by atoms with Gasteiger partial charge in [-0.25, -0.2) is 0 Å². The van der Waals surface area contributed by atoms with Crippen molar-refractivity contribution in [1.29, 1.82) is 0 Å². The molecule has 0 aromatic rings. The second kappa shape index (κ2) is 4.92. The van der Waals surface area contributed by atoms with Crippen molar-refractivity contribution < 1.29 is 4.84 Å². The maximum absolute atomic E-state index is 4.61. The topological polar surface area (TPSA) is 23.3 Å². The third-order valence-corrected chi connectivity index (χ3v) is 0.349. The van der Waals surface area contributed by atoms with Gasteiger partial charge in [0.05, 0.1) is 6.61 Å². The van der Waals surface area contributed by atoms with Crippen LogP contribution in [-0.4, -0.2) is 13.2 Å². The first-order valence-electron chi connectivity index (χ1n) is 2.20. The van der Waals surface area contributed by atoms with Gasteiger partial charge in [0.15, 0.2) is 0 Å². The van der Waals surface area contributed by atoms with Gasteiger partial charge in [0.1, 0.15) is 0 Å². The van der Waals surface area contributed by atoms with Crippen molar-refractivity contribution in [3.8, 4) is 0 Å². The molecule has 0 fully saturated rings. The molecule has 0 saturated heterocycles. The lowest BCUT2D eigenvalue weighted by Crippen LogP contribution is -2.03. The summed E-state index contributed by atoms with van der Waals surface area (Å²) < 4.78 is 0. The largest absolute Gasteiger partial charge is 0.282 e. The summed E-state index contributed by atoms with van der Waals surface area (Å²) in [5.41, 5.74) is 3.59. The molecule has 0 heterocycles. The summed E-state index contributed by atoms with van der Waals surface area (Å²) >= 11 is 0. The summed E-state index contributed by atoms with van der Waals surface area (Å²) in [4.78, 5) is 4.61. The van der Waals surface area contributed by atoms with Crippen molar-refractivity contribution in [2.45, 2.75) is 13.8 Å². The lowest BCUT2D eigenvalue weighted by Gasteiger charge is -1.90. The Labute approximate surface area is 38.5 Å². The van der Waals surface area contributed by atoms with Gasteiger partial charge < -0.3 is 0 Å². The van der Waals surface area contributed by atoms with Crippen LogP contribution < -0.4 is 5.48 Å². The van der Waals surface area contributed by atoms with Crippen molar-refractivity contribution in [3.63, 3.8) is 0 Å². The summed E-state index contributed by atoms with van der Waals surface area (Å²) in [6, 6.07) is 0. The van der Waals surface area contributed by atoms with Crippen LogP contribution >= 0.6 is 0 Å². The van der Waals surface area contributed by atoms with E-state index >= 15 is 0 Å². The zero-order valence-electron chi connectivity index (χ0n) is 4.27. The molecule has 0 spiro atoms. The molecule has 0 amide bonds. The highest BCUT2D eigenvalue weighted by atomic mass is 16.6. The Morgan fingerprint density at radius 2 is 2.17 bits per heavy atom. The minimum Gasteiger partial charge on any atom is -0.282 e. The minimum atomic E-state index is 0.688. The van der Waals surface area contributed by atoms with Crippen LogP contribution in [0.5, 0.6) is 0 Å². The third kappa shape index (κ3) is 3.92. The van der Waals surface area contributed by atoms with E-state index in [4.69, 9.17) is 0 Å². The summed E-state index contributed by atoms with van der Waals surface area (Å²) in [6.45, 7) is 5.30. The molecule has 2 nitrogen and oxygen atoms in total. The zero-order chi connectivity index (χ0) is 4.83. The van der Waals surface area contributed by atoms with Crippen LogP contribution in [0.3, 0.4) is 0 Å². The van der Waals surface area contributed by atoms with Gasteiger partial charge >= 0.3 is 0 Å². The highest BCUT2D eigenvalue weighted by Crippen LogP contribution is 1.62. The van der Waals surface area contributed by atoms with Crippen LogP contribution in [0.4, 0.5) is 0 Å². The van der Waals surface area contributed by atoms with Crippen LogP contribution in [0.1, 0.15) is 13.8 Å². The lowest BCUT2D eigenvalue weighted by atomic mass is 10.8. The molecule has 6 heavy (non-hydrogen) atoms. The fourth-order valence-corrected chi connectivity index (χ4v) is 0.183. The number of rotatable bonds is 3. The van der Waals surface area contributed by atoms with Crippen LogP contribution in [0, 0.1) is 0 Å². The van der Waals surface area contributed by atoms with E-state index in [-0.39, 0.29) is 0 Å². The van der Waals surface area contributed by atoms with Crippen LogP contribution in [0.2, 0.25) is 0 Å². The summed E-state index contributed by atoms with van der Waals surface area (Å²) in [5, 5.41) is 0. The first-order valence-corrected chi connectivity index (χ1v) is 2.20. The molecule has 2 heteroatoms. The van der Waals surface area contributed by atoms with Crippen LogP contribution in [-0.2, 0) is 4.84 Å². The van der Waals surface area contributed by atoms with E-state index in [2.05, 4.69) is 10.3 Å². The van der Waals surface area contributed by atoms with Gasteiger partial charge in [0.25, 0.3) is 0 Å². The fraction of sp³-hybridized carbons (Fsp3) is 1.00. The fourth-order valence-electron chi connectivity index (χ4n) is 0.183. The molecule has 0 aliphatic rings. The van der Waals surface area contributed by atoms with Gasteiger partial charge in [-0.1, -0.05) is 5.48 Å². The van der Waals surface area contributed by atoms with E-state index in [0.29, 0.717) is 6.61 Å². The smallest absolute Gasteiger partial charge is 0.0674 e. The molecular formula is C4H10NO. The van der Waals surface area contributed by atoms with Gasteiger partial charge in [0.2, 0.25) is 0 Å². The molecule has 0 aromatic heterocycles. The quantitative estimate of drug-likeness (QED) is 0.365. The maximum Gasteiger partial charge on any atom is 0.0674 e. The second-order valence-electron chi connectivity index (χ2n) is 0.863. The first-order chi connectivity index (χ1) is 2.91. The standard InChI is InChI=1S/C4H10NO/c1-3-5-6-4-2/h3-4H2,1-2H3. The summed E-state index contributed by atoms with van der Waals surface area (Å²) in [7, 11) is 0. The van der Waals surface area contributed by atoms with E-state index in [0.717, 1.165) is 6.54 Å². The summed E-state index contributed by atoms with van der Waals surface area (Å²) in [6.07, 6.45) is 0. The normalized spacial score (nSPS) is 9.00.